The van der Waals surface area contributed by atoms with Gasteiger partial charge in [-0.1, -0.05) is 12.1 Å². The van der Waals surface area contributed by atoms with Crippen molar-refractivity contribution in [3.8, 4) is 0 Å². The number of carbonyl (C=O) groups excluding carboxylic acids is 2. The smallest absolute Gasteiger partial charge is 0.256 e. The lowest BCUT2D eigenvalue weighted by Gasteiger charge is -2.36. The number of pyridine rings is 1. The summed E-state index contributed by atoms with van der Waals surface area (Å²) in [6, 6.07) is 7.23. The van der Waals surface area contributed by atoms with Gasteiger partial charge in [-0.05, 0) is 60.9 Å². The Morgan fingerprint density at radius 1 is 1.09 bits per heavy atom. The Morgan fingerprint density at radius 2 is 1.83 bits per heavy atom. The lowest BCUT2D eigenvalue weighted by molar-refractivity contribution is -0.120. The Bertz CT molecular complexity index is 1270. The minimum atomic E-state index is -3.61. The van der Waals surface area contributed by atoms with Gasteiger partial charge in [0.05, 0.1) is 23.4 Å². The number of nitrogens with zero attached hydrogens (tertiary/aromatic N) is 3. The molecular weight excluding hydrogens is 466 g/mol. The molecule has 0 spiro atoms. The quantitative estimate of drug-likeness (QED) is 0.633. The van der Waals surface area contributed by atoms with E-state index >= 15 is 0 Å². The third-order valence-corrected chi connectivity index (χ3v) is 7.60. The number of aromatic nitrogens is 1. The highest BCUT2D eigenvalue weighted by Gasteiger charge is 2.30. The van der Waals surface area contributed by atoms with E-state index in [0.717, 1.165) is 17.6 Å². The number of benzene rings is 1. The van der Waals surface area contributed by atoms with Gasteiger partial charge in [-0.2, -0.15) is 0 Å². The van der Waals surface area contributed by atoms with Crippen molar-refractivity contribution in [1.29, 1.82) is 0 Å². The van der Waals surface area contributed by atoms with Crippen LogP contribution in [0.5, 0.6) is 0 Å². The zero-order valence-corrected chi connectivity index (χ0v) is 20.9. The number of carbonyl (C=O) groups is 2. The molecule has 10 heteroatoms. The molecule has 2 N–H and O–H groups in total. The maximum Gasteiger partial charge on any atom is 0.256 e. The number of anilines is 2. The van der Waals surface area contributed by atoms with E-state index in [1.807, 2.05) is 6.20 Å². The second-order valence-electron chi connectivity index (χ2n) is 9.77. The van der Waals surface area contributed by atoms with Crippen molar-refractivity contribution >= 4 is 33.3 Å². The Balaban J connectivity index is 1.32. The molecule has 2 aromatic rings. The van der Waals surface area contributed by atoms with Crippen LogP contribution in [0.15, 0.2) is 30.5 Å². The predicted molar refractivity (Wildman–Crippen MR) is 134 cm³/mol. The van der Waals surface area contributed by atoms with Crippen molar-refractivity contribution in [3.05, 3.63) is 52.7 Å². The molecule has 3 aliphatic rings. The van der Waals surface area contributed by atoms with Crippen LogP contribution in [0.3, 0.4) is 0 Å². The van der Waals surface area contributed by atoms with E-state index in [-0.39, 0.29) is 29.0 Å². The van der Waals surface area contributed by atoms with Crippen LogP contribution in [0.25, 0.3) is 0 Å². The van der Waals surface area contributed by atoms with Crippen LogP contribution in [0.1, 0.15) is 58.1 Å². The summed E-state index contributed by atoms with van der Waals surface area (Å²) in [7, 11) is -3.61. The van der Waals surface area contributed by atoms with Crippen LogP contribution in [-0.2, 0) is 14.8 Å². The van der Waals surface area contributed by atoms with Crippen molar-refractivity contribution in [2.24, 2.45) is 0 Å². The number of hydrogen-bond donors (Lipinski definition) is 2. The van der Waals surface area contributed by atoms with Crippen LogP contribution in [0.4, 0.5) is 11.5 Å². The third kappa shape index (κ3) is 5.12. The first kappa shape index (κ1) is 23.6. The minimum absolute atomic E-state index is 0.0837. The summed E-state index contributed by atoms with van der Waals surface area (Å²) >= 11 is 0. The number of sulfonamides is 1. The van der Waals surface area contributed by atoms with Gasteiger partial charge in [0, 0.05) is 38.9 Å². The van der Waals surface area contributed by atoms with E-state index in [2.05, 4.69) is 27.9 Å². The first-order valence-electron chi connectivity index (χ1n) is 12.1. The first-order valence-corrected chi connectivity index (χ1v) is 14.0. The lowest BCUT2D eigenvalue weighted by Crippen LogP contribution is -2.49. The van der Waals surface area contributed by atoms with Gasteiger partial charge in [0.25, 0.3) is 5.91 Å². The second-order valence-corrected chi connectivity index (χ2v) is 11.5. The fourth-order valence-corrected chi connectivity index (χ4v) is 5.58. The summed E-state index contributed by atoms with van der Waals surface area (Å²) in [6.45, 7) is 4.99. The van der Waals surface area contributed by atoms with E-state index in [4.69, 9.17) is 4.98 Å². The van der Waals surface area contributed by atoms with Gasteiger partial charge in [0.15, 0.2) is 0 Å². The molecule has 1 aromatic carbocycles. The number of rotatable bonds is 6. The number of hydrogen-bond acceptors (Lipinski definition) is 6. The van der Waals surface area contributed by atoms with E-state index in [1.165, 1.54) is 18.4 Å². The molecule has 186 valence electrons. The summed E-state index contributed by atoms with van der Waals surface area (Å²) in [5, 5.41) is 2.80. The normalized spacial score (nSPS) is 20.6. The van der Waals surface area contributed by atoms with Crippen LogP contribution in [0.2, 0.25) is 0 Å². The Hall–Kier alpha value is -3.14. The van der Waals surface area contributed by atoms with E-state index in [1.54, 1.807) is 23.1 Å². The van der Waals surface area contributed by atoms with E-state index in [0.29, 0.717) is 50.6 Å². The summed E-state index contributed by atoms with van der Waals surface area (Å²) in [4.78, 5) is 34.2. The molecular formula is C25H31N5O4S. The van der Waals surface area contributed by atoms with Gasteiger partial charge < -0.3 is 15.1 Å². The molecule has 2 amide bonds. The third-order valence-electron chi connectivity index (χ3n) is 7.01. The molecule has 1 unspecified atom stereocenters. The summed E-state index contributed by atoms with van der Waals surface area (Å²) in [5.74, 6) is 0.963. The fraction of sp³-hybridized carbons (Fsp3) is 0.480. The fourth-order valence-electron chi connectivity index (χ4n) is 5.01. The van der Waals surface area contributed by atoms with Crippen molar-refractivity contribution in [1.82, 2.24) is 15.2 Å². The molecule has 1 atom stereocenters. The highest BCUT2D eigenvalue weighted by atomic mass is 32.2. The number of piperazine rings is 1. The van der Waals surface area contributed by atoms with Crippen molar-refractivity contribution in [2.75, 3.05) is 48.6 Å². The summed E-state index contributed by atoms with van der Waals surface area (Å²) < 4.78 is 26.5. The average molecular weight is 498 g/mol. The van der Waals surface area contributed by atoms with Gasteiger partial charge in [0.2, 0.25) is 15.9 Å². The van der Waals surface area contributed by atoms with Crippen LogP contribution in [-0.4, -0.2) is 69.1 Å². The lowest BCUT2D eigenvalue weighted by atomic mass is 9.95. The Labute approximate surface area is 206 Å². The highest BCUT2D eigenvalue weighted by Crippen LogP contribution is 2.40. The molecule has 1 saturated carbocycles. The van der Waals surface area contributed by atoms with Gasteiger partial charge in [0.1, 0.15) is 5.82 Å². The molecule has 0 radical (unpaired) electrons. The molecule has 3 heterocycles. The zero-order chi connectivity index (χ0) is 24.7. The van der Waals surface area contributed by atoms with Gasteiger partial charge >= 0.3 is 0 Å². The average Bonchev–Trinajstić information content (AvgIpc) is 3.58. The molecule has 5 rings (SSSR count). The monoisotopic (exact) mass is 497 g/mol. The number of aryl methyl sites for hydroxylation is 1. The minimum Gasteiger partial charge on any atom is -0.356 e. The van der Waals surface area contributed by atoms with Gasteiger partial charge in [-0.3, -0.25) is 14.3 Å². The molecule has 3 fully saturated rings. The van der Waals surface area contributed by atoms with E-state index in [9.17, 15) is 18.0 Å². The van der Waals surface area contributed by atoms with E-state index < -0.39 is 10.0 Å². The molecule has 9 nitrogen and oxygen atoms in total. The van der Waals surface area contributed by atoms with Crippen LogP contribution >= 0.6 is 0 Å². The topological polar surface area (TPSA) is 112 Å². The molecule has 2 saturated heterocycles. The molecule has 0 bridgehead atoms. The maximum absolute atomic E-state index is 13.4. The maximum atomic E-state index is 13.4. The predicted octanol–water partition coefficient (Wildman–Crippen LogP) is 2.20. The largest absolute Gasteiger partial charge is 0.356 e. The van der Waals surface area contributed by atoms with Crippen LogP contribution in [0, 0.1) is 6.92 Å². The summed E-state index contributed by atoms with van der Waals surface area (Å²) in [5.41, 5.74) is 3.66. The van der Waals surface area contributed by atoms with Gasteiger partial charge in [-0.15, -0.1) is 0 Å². The highest BCUT2D eigenvalue weighted by molar-refractivity contribution is 7.92. The molecule has 2 aliphatic heterocycles. The second kappa shape index (κ2) is 9.14. The molecule has 1 aromatic heterocycles. The Kier molecular flexibility index (Phi) is 6.16. The van der Waals surface area contributed by atoms with Gasteiger partial charge in [-0.25, -0.2) is 13.4 Å². The first-order chi connectivity index (χ1) is 16.7. The number of nitrogens with one attached hydrogen (secondary N) is 2. The Morgan fingerprint density at radius 3 is 2.43 bits per heavy atom. The summed E-state index contributed by atoms with van der Waals surface area (Å²) in [6.07, 6.45) is 6.16. The molecule has 1 aliphatic carbocycles. The van der Waals surface area contributed by atoms with Crippen LogP contribution < -0.4 is 14.9 Å². The van der Waals surface area contributed by atoms with Crippen molar-refractivity contribution in [2.45, 2.75) is 38.0 Å². The number of amides is 2. The molecule has 35 heavy (non-hydrogen) atoms. The van der Waals surface area contributed by atoms with Crippen molar-refractivity contribution < 1.29 is 18.0 Å². The zero-order valence-electron chi connectivity index (χ0n) is 20.1. The van der Waals surface area contributed by atoms with Crippen molar-refractivity contribution in [3.63, 3.8) is 0 Å². The SMILES string of the molecule is Cc1cc(C2CC2)cnc1N1CCN(C(=O)c2ccc(C3CCNC3=O)cc2NS(C)(=O)=O)CC1. The standard InChI is InChI=1S/C25H31N5O4S/c1-16-13-19(17-3-4-17)15-27-23(16)29-9-11-30(12-10-29)25(32)21-6-5-18(20-7-8-26-24(20)31)14-22(21)28-35(2,33)34/h5-6,13-15,17,20,28H,3-4,7-12H2,1-2H3,(H,26,31).